The normalized spacial score (nSPS) is 26.5. The second-order valence-electron chi connectivity index (χ2n) is 6.14. The number of fused-ring (bicyclic) bond motifs is 3. The van der Waals surface area contributed by atoms with Crippen molar-refractivity contribution in [3.8, 4) is 0 Å². The number of hydrogen-bond acceptors (Lipinski definition) is 3. The number of benzene rings is 1. The minimum Gasteiger partial charge on any atom is -0.358 e. The molecule has 0 saturated carbocycles. The number of piperidine rings is 3. The van der Waals surface area contributed by atoms with E-state index < -0.39 is 0 Å². The third-order valence-corrected chi connectivity index (χ3v) is 5.26. The fourth-order valence-corrected chi connectivity index (χ4v) is 3.67. The summed E-state index contributed by atoms with van der Waals surface area (Å²) >= 11 is 11.3. The fourth-order valence-electron chi connectivity index (χ4n) is 3.24. The molecule has 1 unspecified atom stereocenters. The highest BCUT2D eigenvalue weighted by atomic mass is 35.5. The molecule has 1 amide bonds. The summed E-state index contributed by atoms with van der Waals surface area (Å²) in [5.41, 5.74) is 1.47. The van der Waals surface area contributed by atoms with E-state index in [4.69, 9.17) is 23.8 Å². The van der Waals surface area contributed by atoms with Crippen molar-refractivity contribution < 1.29 is 4.79 Å². The molecule has 2 bridgehead atoms. The van der Waals surface area contributed by atoms with Crippen LogP contribution < -0.4 is 10.6 Å². The molecule has 0 spiro atoms. The summed E-state index contributed by atoms with van der Waals surface area (Å²) < 4.78 is 0. The van der Waals surface area contributed by atoms with Crippen molar-refractivity contribution in [3.63, 3.8) is 0 Å². The summed E-state index contributed by atoms with van der Waals surface area (Å²) in [6.45, 7) is 5.29. The first-order valence-electron chi connectivity index (χ1n) is 7.63. The lowest BCUT2D eigenvalue weighted by molar-refractivity contribution is 0.0807. The van der Waals surface area contributed by atoms with E-state index in [1.54, 1.807) is 12.1 Å². The summed E-state index contributed by atoms with van der Waals surface area (Å²) in [5.74, 6) is 0.439. The third kappa shape index (κ3) is 3.42. The number of carbonyl (C=O) groups excluding carboxylic acids is 1. The molecule has 4 nitrogen and oxygen atoms in total. The summed E-state index contributed by atoms with van der Waals surface area (Å²) in [6, 6.07) is 5.61. The van der Waals surface area contributed by atoms with Gasteiger partial charge in [0.1, 0.15) is 0 Å². The van der Waals surface area contributed by atoms with E-state index in [2.05, 4.69) is 15.5 Å². The first kappa shape index (κ1) is 15.7. The fraction of sp³-hybridized carbons (Fsp3) is 0.500. The Kier molecular flexibility index (Phi) is 4.66. The average molecular weight is 338 g/mol. The second kappa shape index (κ2) is 6.52. The maximum absolute atomic E-state index is 12.2. The molecule has 3 heterocycles. The Hall–Kier alpha value is -1.17. The zero-order chi connectivity index (χ0) is 15.7. The van der Waals surface area contributed by atoms with Gasteiger partial charge >= 0.3 is 0 Å². The first-order valence-corrected chi connectivity index (χ1v) is 8.42. The van der Waals surface area contributed by atoms with Crippen molar-refractivity contribution in [1.29, 1.82) is 0 Å². The van der Waals surface area contributed by atoms with Crippen molar-refractivity contribution in [3.05, 3.63) is 34.3 Å². The highest BCUT2D eigenvalue weighted by Crippen LogP contribution is 2.27. The number of hydrogen-bond donors (Lipinski definition) is 2. The lowest BCUT2D eigenvalue weighted by atomic mass is 9.84. The Balaban J connectivity index is 1.57. The van der Waals surface area contributed by atoms with Crippen LogP contribution in [-0.4, -0.2) is 41.6 Å². The molecule has 3 aliphatic rings. The third-order valence-electron chi connectivity index (χ3n) is 4.63. The quantitative estimate of drug-likeness (QED) is 0.813. The van der Waals surface area contributed by atoms with Gasteiger partial charge in [-0.25, -0.2) is 0 Å². The molecule has 0 radical (unpaired) electrons. The lowest BCUT2D eigenvalue weighted by Crippen LogP contribution is -2.59. The molecule has 0 aromatic heterocycles. The molecule has 22 heavy (non-hydrogen) atoms. The molecule has 4 rings (SSSR count). The monoisotopic (exact) mass is 337 g/mol. The topological polar surface area (TPSA) is 44.4 Å². The molecule has 0 aliphatic carbocycles. The van der Waals surface area contributed by atoms with Crippen molar-refractivity contribution in [2.45, 2.75) is 25.8 Å². The van der Waals surface area contributed by atoms with Crippen LogP contribution in [-0.2, 0) is 0 Å². The number of halogens is 1. The smallest absolute Gasteiger partial charge is 0.257 e. The average Bonchev–Trinajstić information content (AvgIpc) is 2.51. The maximum atomic E-state index is 12.2. The summed E-state index contributed by atoms with van der Waals surface area (Å²) in [6.07, 6.45) is 2.42. The van der Waals surface area contributed by atoms with Gasteiger partial charge in [-0.05, 0) is 68.7 Å². The van der Waals surface area contributed by atoms with Gasteiger partial charge in [0.25, 0.3) is 5.91 Å². The zero-order valence-corrected chi connectivity index (χ0v) is 14.1. The molecule has 2 N–H and O–H groups in total. The number of carbonyl (C=O) groups is 1. The Morgan fingerprint density at radius 2 is 2.09 bits per heavy atom. The van der Waals surface area contributed by atoms with Crippen molar-refractivity contribution in [2.75, 3.05) is 19.6 Å². The zero-order valence-electron chi connectivity index (χ0n) is 12.6. The predicted octanol–water partition coefficient (Wildman–Crippen LogP) is 2.35. The molecule has 6 heteroatoms. The molecule has 3 fully saturated rings. The largest absolute Gasteiger partial charge is 0.358 e. The van der Waals surface area contributed by atoms with E-state index in [9.17, 15) is 4.79 Å². The van der Waals surface area contributed by atoms with Crippen LogP contribution in [0.5, 0.6) is 0 Å². The molecule has 1 aromatic rings. The van der Waals surface area contributed by atoms with E-state index in [-0.39, 0.29) is 5.91 Å². The van der Waals surface area contributed by atoms with E-state index in [0.717, 1.165) is 12.1 Å². The van der Waals surface area contributed by atoms with Gasteiger partial charge in [-0.15, -0.1) is 0 Å². The first-order chi connectivity index (χ1) is 10.5. The van der Waals surface area contributed by atoms with Gasteiger partial charge in [-0.1, -0.05) is 17.7 Å². The minimum atomic E-state index is -0.222. The number of nitrogens with zero attached hydrogens (tertiary/aromatic N) is 1. The van der Waals surface area contributed by atoms with Crippen molar-refractivity contribution in [2.24, 2.45) is 5.92 Å². The molecule has 3 saturated heterocycles. The number of nitrogens with one attached hydrogen (secondary N) is 2. The van der Waals surface area contributed by atoms with E-state index in [0.29, 0.717) is 27.7 Å². The minimum absolute atomic E-state index is 0.222. The van der Waals surface area contributed by atoms with Gasteiger partial charge in [0.2, 0.25) is 0 Å². The molecule has 3 aliphatic heterocycles. The summed E-state index contributed by atoms with van der Waals surface area (Å²) in [4.78, 5) is 14.7. The summed E-state index contributed by atoms with van der Waals surface area (Å²) in [7, 11) is 0. The molecular formula is C16H20ClN3OS. The van der Waals surface area contributed by atoms with E-state index in [1.165, 1.54) is 25.9 Å². The van der Waals surface area contributed by atoms with Gasteiger partial charge in [0, 0.05) is 23.2 Å². The highest BCUT2D eigenvalue weighted by Gasteiger charge is 2.34. The van der Waals surface area contributed by atoms with Crippen molar-refractivity contribution in [1.82, 2.24) is 15.5 Å². The second-order valence-corrected chi connectivity index (χ2v) is 6.95. The van der Waals surface area contributed by atoms with Crippen molar-refractivity contribution >= 4 is 34.8 Å². The SMILES string of the molecule is Cc1ccc(C(=O)NC(=S)NC2CN3CCC2CC3)cc1Cl. The van der Waals surface area contributed by atoms with Crippen LogP contribution in [0.4, 0.5) is 0 Å². The number of amides is 1. The van der Waals surface area contributed by atoms with E-state index in [1.807, 2.05) is 13.0 Å². The summed E-state index contributed by atoms with van der Waals surface area (Å²) in [5, 5.41) is 7.05. The maximum Gasteiger partial charge on any atom is 0.257 e. The van der Waals surface area contributed by atoms with Gasteiger partial charge < -0.3 is 10.2 Å². The van der Waals surface area contributed by atoms with Crippen LogP contribution >= 0.6 is 23.8 Å². The van der Waals surface area contributed by atoms with Crippen LogP contribution in [0.25, 0.3) is 0 Å². The molecule has 1 aromatic carbocycles. The number of aryl methyl sites for hydroxylation is 1. The Labute approximate surface area is 141 Å². The van der Waals surface area contributed by atoms with E-state index >= 15 is 0 Å². The predicted molar refractivity (Wildman–Crippen MR) is 92.3 cm³/mol. The number of rotatable bonds is 2. The molecular weight excluding hydrogens is 318 g/mol. The highest BCUT2D eigenvalue weighted by molar-refractivity contribution is 7.80. The standard InChI is InChI=1S/C16H20ClN3OS/c1-10-2-3-12(8-13(10)17)15(21)19-16(22)18-14-9-20-6-4-11(14)5-7-20/h2-3,8,11,14H,4-7,9H2,1H3,(H2,18,19,21,22). The number of thiocarbonyl (C=S) groups is 1. The molecule has 1 atom stereocenters. The van der Waals surface area contributed by atoms with Crippen LogP contribution in [0, 0.1) is 12.8 Å². The van der Waals surface area contributed by atoms with Crippen LogP contribution in [0.15, 0.2) is 18.2 Å². The van der Waals surface area contributed by atoms with Crippen LogP contribution in [0.3, 0.4) is 0 Å². The van der Waals surface area contributed by atoms with Gasteiger partial charge in [0.05, 0.1) is 0 Å². The Morgan fingerprint density at radius 1 is 1.36 bits per heavy atom. The Bertz CT molecular complexity index is 599. The van der Waals surface area contributed by atoms with Gasteiger partial charge in [-0.2, -0.15) is 0 Å². The van der Waals surface area contributed by atoms with Gasteiger partial charge in [0.15, 0.2) is 5.11 Å². The lowest BCUT2D eigenvalue weighted by Gasteiger charge is -2.45. The van der Waals surface area contributed by atoms with Crippen LogP contribution in [0.1, 0.15) is 28.8 Å². The van der Waals surface area contributed by atoms with Crippen LogP contribution in [0.2, 0.25) is 5.02 Å². The molecule has 118 valence electrons. The Morgan fingerprint density at radius 3 is 2.68 bits per heavy atom. The van der Waals surface area contributed by atoms with Gasteiger partial charge in [-0.3, -0.25) is 10.1 Å².